The lowest BCUT2D eigenvalue weighted by molar-refractivity contribution is -0.144. The molecule has 1 fully saturated rings. The first-order valence-electron chi connectivity index (χ1n) is 15.1. The highest BCUT2D eigenvalue weighted by Crippen LogP contribution is 2.36. The standard InChI is InChI=1S/C31H37ClF6N6O2/c1-4-43(16-21-8-6-20(7-9-21)12-27(45)46-5-2)28-23(13-25(15-39-28)31(36,37)38)18-44(29-40-19-42(3)41-29)17-22-10-24(30(33,34)35)14-26(32)11-22/h10-11,13-15,19-21H,4-9,12,16-18H2,1-3H3/t20-,21-. The molecule has 3 aromatic rings. The van der Waals surface area contributed by atoms with E-state index in [9.17, 15) is 31.1 Å². The summed E-state index contributed by atoms with van der Waals surface area (Å²) < 4.78 is 88.8. The lowest BCUT2D eigenvalue weighted by atomic mass is 9.80. The molecule has 8 nitrogen and oxygen atoms in total. The summed E-state index contributed by atoms with van der Waals surface area (Å²) in [5, 5.41) is 4.15. The van der Waals surface area contributed by atoms with Gasteiger partial charge in [0.25, 0.3) is 0 Å². The molecule has 0 N–H and O–H groups in total. The Bertz CT molecular complexity index is 1470. The number of ether oxygens (including phenoxy) is 1. The van der Waals surface area contributed by atoms with Crippen LogP contribution in [0.5, 0.6) is 0 Å². The third-order valence-corrected chi connectivity index (χ3v) is 8.27. The molecule has 1 aromatic carbocycles. The number of carbonyl (C=O) groups is 1. The third-order valence-electron chi connectivity index (χ3n) is 8.05. The Morgan fingerprint density at radius 3 is 2.20 bits per heavy atom. The Morgan fingerprint density at radius 2 is 1.61 bits per heavy atom. The molecule has 0 aliphatic heterocycles. The van der Waals surface area contributed by atoms with Crippen LogP contribution in [-0.2, 0) is 42.0 Å². The monoisotopic (exact) mass is 674 g/mol. The van der Waals surface area contributed by atoms with Crippen molar-refractivity contribution in [3.8, 4) is 0 Å². The van der Waals surface area contributed by atoms with Gasteiger partial charge in [-0.1, -0.05) is 11.6 Å². The van der Waals surface area contributed by atoms with E-state index in [-0.39, 0.29) is 53.0 Å². The molecule has 0 amide bonds. The second-order valence-electron chi connectivity index (χ2n) is 11.6. The van der Waals surface area contributed by atoms with Crippen molar-refractivity contribution >= 4 is 29.3 Å². The molecule has 0 unspecified atom stereocenters. The Hall–Kier alpha value is -3.55. The van der Waals surface area contributed by atoms with Crippen LogP contribution >= 0.6 is 11.6 Å². The molecular formula is C31H37ClF6N6O2. The molecule has 0 saturated heterocycles. The first-order valence-corrected chi connectivity index (χ1v) is 15.5. The van der Waals surface area contributed by atoms with Crippen LogP contribution in [0.25, 0.3) is 0 Å². The highest BCUT2D eigenvalue weighted by molar-refractivity contribution is 6.30. The number of anilines is 2. The summed E-state index contributed by atoms with van der Waals surface area (Å²) in [6, 6.07) is 4.15. The van der Waals surface area contributed by atoms with E-state index in [0.29, 0.717) is 31.9 Å². The van der Waals surface area contributed by atoms with E-state index in [1.54, 1.807) is 14.0 Å². The zero-order valence-corrected chi connectivity index (χ0v) is 26.6. The number of rotatable bonds is 12. The number of halogens is 7. The summed E-state index contributed by atoms with van der Waals surface area (Å²) in [6.07, 6.45) is -3.38. The molecule has 0 atom stereocenters. The van der Waals surface area contributed by atoms with Crippen LogP contribution in [0.3, 0.4) is 0 Å². The Kier molecular flexibility index (Phi) is 11.4. The van der Waals surface area contributed by atoms with Gasteiger partial charge in [0.1, 0.15) is 12.1 Å². The van der Waals surface area contributed by atoms with Crippen LogP contribution in [0.2, 0.25) is 5.02 Å². The van der Waals surface area contributed by atoms with E-state index < -0.39 is 23.5 Å². The van der Waals surface area contributed by atoms with Crippen molar-refractivity contribution in [2.24, 2.45) is 18.9 Å². The Labute approximate surface area is 268 Å². The number of hydrogen-bond acceptors (Lipinski definition) is 7. The molecule has 2 aromatic heterocycles. The minimum absolute atomic E-state index is 0.113. The van der Waals surface area contributed by atoms with E-state index in [2.05, 4.69) is 15.1 Å². The quantitative estimate of drug-likeness (QED) is 0.144. The van der Waals surface area contributed by atoms with Gasteiger partial charge >= 0.3 is 18.3 Å². The van der Waals surface area contributed by atoms with Gasteiger partial charge in [-0.15, -0.1) is 5.10 Å². The van der Waals surface area contributed by atoms with Gasteiger partial charge in [0.05, 0.1) is 17.7 Å². The van der Waals surface area contributed by atoms with Crippen molar-refractivity contribution < 1.29 is 35.9 Å². The van der Waals surface area contributed by atoms with Gasteiger partial charge in [-0.3, -0.25) is 9.48 Å². The number of hydrogen-bond donors (Lipinski definition) is 0. The summed E-state index contributed by atoms with van der Waals surface area (Å²) in [5.41, 5.74) is -1.49. The highest BCUT2D eigenvalue weighted by Gasteiger charge is 2.34. The average Bonchev–Trinajstić information content (AvgIpc) is 3.41. The fourth-order valence-electron chi connectivity index (χ4n) is 5.81. The maximum absolute atomic E-state index is 13.9. The summed E-state index contributed by atoms with van der Waals surface area (Å²) in [5.74, 6) is 0.707. The second-order valence-corrected chi connectivity index (χ2v) is 12.0. The van der Waals surface area contributed by atoms with Crippen LogP contribution in [0, 0.1) is 11.8 Å². The Morgan fingerprint density at radius 1 is 0.935 bits per heavy atom. The van der Waals surface area contributed by atoms with Gasteiger partial charge in [-0.05, 0) is 81.2 Å². The van der Waals surface area contributed by atoms with E-state index in [4.69, 9.17) is 16.3 Å². The van der Waals surface area contributed by atoms with Gasteiger partial charge in [0.2, 0.25) is 5.95 Å². The van der Waals surface area contributed by atoms with Gasteiger partial charge < -0.3 is 14.5 Å². The first kappa shape index (κ1) is 35.3. The van der Waals surface area contributed by atoms with Crippen LogP contribution in [-0.4, -0.2) is 45.4 Å². The predicted molar refractivity (Wildman–Crippen MR) is 161 cm³/mol. The summed E-state index contributed by atoms with van der Waals surface area (Å²) in [6.45, 7) is 4.65. The van der Waals surface area contributed by atoms with E-state index in [1.807, 2.05) is 11.8 Å². The lowest BCUT2D eigenvalue weighted by Gasteiger charge is -2.34. The number of alkyl halides is 6. The van der Waals surface area contributed by atoms with Crippen molar-refractivity contribution in [1.29, 1.82) is 0 Å². The van der Waals surface area contributed by atoms with Crippen molar-refractivity contribution in [2.75, 3.05) is 29.5 Å². The predicted octanol–water partition coefficient (Wildman–Crippen LogP) is 7.69. The van der Waals surface area contributed by atoms with E-state index in [0.717, 1.165) is 50.1 Å². The van der Waals surface area contributed by atoms with Gasteiger partial charge in [-0.2, -0.15) is 26.3 Å². The number of aromatic nitrogens is 4. The van der Waals surface area contributed by atoms with Crippen LogP contribution in [0.1, 0.15) is 68.2 Å². The maximum Gasteiger partial charge on any atom is 0.417 e. The van der Waals surface area contributed by atoms with Crippen molar-refractivity contribution in [3.63, 3.8) is 0 Å². The third kappa shape index (κ3) is 9.49. The number of carbonyl (C=O) groups excluding carboxylic acids is 1. The van der Waals surface area contributed by atoms with Crippen molar-refractivity contribution in [2.45, 2.75) is 71.4 Å². The molecule has 15 heteroatoms. The minimum atomic E-state index is -4.67. The number of nitrogens with zero attached hydrogens (tertiary/aromatic N) is 6. The molecule has 1 aliphatic carbocycles. The zero-order chi connectivity index (χ0) is 33.6. The largest absolute Gasteiger partial charge is 0.466 e. The molecule has 0 spiro atoms. The lowest BCUT2D eigenvalue weighted by Crippen LogP contribution is -2.34. The summed E-state index contributed by atoms with van der Waals surface area (Å²) in [4.78, 5) is 23.9. The fraction of sp³-hybridized carbons (Fsp3) is 0.548. The molecule has 1 saturated carbocycles. The van der Waals surface area contributed by atoms with Gasteiger partial charge in [0, 0.05) is 56.4 Å². The second kappa shape index (κ2) is 14.9. The SMILES string of the molecule is CCOC(=O)C[C@H]1CC[C@H](CN(CC)c2ncc(C(F)(F)F)cc2CN(Cc2cc(Cl)cc(C(F)(F)F)c2)c2ncn(C)n2)CC1. The average molecular weight is 675 g/mol. The molecule has 4 rings (SSSR count). The first-order chi connectivity index (χ1) is 21.7. The molecule has 46 heavy (non-hydrogen) atoms. The normalized spacial score (nSPS) is 17.2. The number of esters is 1. The number of benzene rings is 1. The van der Waals surface area contributed by atoms with Gasteiger partial charge in [-0.25, -0.2) is 9.97 Å². The van der Waals surface area contributed by atoms with Gasteiger partial charge in [0.15, 0.2) is 0 Å². The molecule has 252 valence electrons. The molecular weight excluding hydrogens is 638 g/mol. The van der Waals surface area contributed by atoms with Crippen LogP contribution < -0.4 is 9.80 Å². The highest BCUT2D eigenvalue weighted by atomic mass is 35.5. The fourth-order valence-corrected chi connectivity index (χ4v) is 6.07. The maximum atomic E-state index is 13.9. The van der Waals surface area contributed by atoms with Crippen molar-refractivity contribution in [1.82, 2.24) is 19.7 Å². The number of pyridine rings is 1. The smallest absolute Gasteiger partial charge is 0.417 e. The Balaban J connectivity index is 1.63. The summed E-state index contributed by atoms with van der Waals surface area (Å²) >= 11 is 6.03. The molecule has 0 bridgehead atoms. The van der Waals surface area contributed by atoms with E-state index in [1.165, 1.54) is 22.0 Å². The summed E-state index contributed by atoms with van der Waals surface area (Å²) in [7, 11) is 1.60. The van der Waals surface area contributed by atoms with Crippen LogP contribution in [0.15, 0.2) is 36.8 Å². The minimum Gasteiger partial charge on any atom is -0.466 e. The van der Waals surface area contributed by atoms with Crippen LogP contribution in [0.4, 0.5) is 38.1 Å². The molecule has 1 aliphatic rings. The molecule has 2 heterocycles. The van der Waals surface area contributed by atoms with Crippen molar-refractivity contribution in [3.05, 3.63) is 64.1 Å². The van der Waals surface area contributed by atoms with E-state index >= 15 is 0 Å². The zero-order valence-electron chi connectivity index (χ0n) is 25.8. The number of aryl methyl sites for hydroxylation is 1. The molecule has 0 radical (unpaired) electrons. The topological polar surface area (TPSA) is 76.4 Å².